The van der Waals surface area contributed by atoms with Gasteiger partial charge < -0.3 is 15.4 Å². The minimum atomic E-state index is 0.0564. The van der Waals surface area contributed by atoms with Gasteiger partial charge in [-0.15, -0.1) is 0 Å². The summed E-state index contributed by atoms with van der Waals surface area (Å²) in [6.07, 6.45) is 3.04. The van der Waals surface area contributed by atoms with Crippen LogP contribution in [-0.2, 0) is 4.79 Å². The van der Waals surface area contributed by atoms with E-state index in [9.17, 15) is 4.79 Å². The molecule has 1 amide bonds. The van der Waals surface area contributed by atoms with Gasteiger partial charge in [0.15, 0.2) is 0 Å². The Hall–Kier alpha value is -1.85. The fourth-order valence-electron chi connectivity index (χ4n) is 1.59. The van der Waals surface area contributed by atoms with Crippen LogP contribution >= 0.6 is 0 Å². The first-order valence-electron chi connectivity index (χ1n) is 5.77. The molecule has 0 aromatic carbocycles. The van der Waals surface area contributed by atoms with Gasteiger partial charge in [-0.1, -0.05) is 6.92 Å². The van der Waals surface area contributed by atoms with Crippen molar-refractivity contribution in [2.75, 3.05) is 18.5 Å². The molecule has 1 fully saturated rings. The largest absolute Gasteiger partial charge is 0.478 e. The predicted molar refractivity (Wildman–Crippen MR) is 62.9 cm³/mol. The summed E-state index contributed by atoms with van der Waals surface area (Å²) in [6.45, 7) is 3.29. The van der Waals surface area contributed by atoms with Crippen LogP contribution in [0.2, 0.25) is 0 Å². The van der Waals surface area contributed by atoms with Gasteiger partial charge in [0.05, 0.1) is 12.6 Å². The van der Waals surface area contributed by atoms with E-state index in [-0.39, 0.29) is 11.9 Å². The van der Waals surface area contributed by atoms with E-state index in [4.69, 9.17) is 4.74 Å². The van der Waals surface area contributed by atoms with Crippen LogP contribution < -0.4 is 15.4 Å². The van der Waals surface area contributed by atoms with Gasteiger partial charge >= 0.3 is 0 Å². The first-order chi connectivity index (χ1) is 8.28. The molecular formula is C11H16N4O2. The molecule has 0 aliphatic carbocycles. The quantitative estimate of drug-likeness (QED) is 0.781. The maximum absolute atomic E-state index is 11.0. The SMILES string of the molecule is CCCOc1ccnc(NC2CNC(=O)C2)n1. The highest BCUT2D eigenvalue weighted by molar-refractivity contribution is 5.79. The lowest BCUT2D eigenvalue weighted by atomic mass is 10.3. The van der Waals surface area contributed by atoms with Crippen LogP contribution in [0.3, 0.4) is 0 Å². The Morgan fingerprint density at radius 3 is 3.24 bits per heavy atom. The molecule has 0 saturated carbocycles. The smallest absolute Gasteiger partial charge is 0.226 e. The highest BCUT2D eigenvalue weighted by atomic mass is 16.5. The van der Waals surface area contributed by atoms with Crippen molar-refractivity contribution in [1.29, 1.82) is 0 Å². The number of rotatable bonds is 5. The molecule has 1 aromatic rings. The maximum atomic E-state index is 11.0. The molecule has 1 saturated heterocycles. The average molecular weight is 236 g/mol. The number of carbonyl (C=O) groups excluding carboxylic acids is 1. The van der Waals surface area contributed by atoms with E-state index in [0.29, 0.717) is 31.4 Å². The topological polar surface area (TPSA) is 76.1 Å². The lowest BCUT2D eigenvalue weighted by Gasteiger charge is -2.10. The Bertz CT molecular complexity index is 397. The normalized spacial score (nSPS) is 18.9. The zero-order chi connectivity index (χ0) is 12.1. The molecule has 1 aliphatic heterocycles. The van der Waals surface area contributed by atoms with Crippen LogP contribution in [0.4, 0.5) is 5.95 Å². The molecule has 1 unspecified atom stereocenters. The Morgan fingerprint density at radius 1 is 1.65 bits per heavy atom. The molecule has 0 spiro atoms. The summed E-state index contributed by atoms with van der Waals surface area (Å²) in [5.74, 6) is 1.11. The third-order valence-corrected chi connectivity index (χ3v) is 2.39. The maximum Gasteiger partial charge on any atom is 0.226 e. The molecule has 6 heteroatoms. The van der Waals surface area contributed by atoms with E-state index in [2.05, 4.69) is 20.6 Å². The molecule has 2 rings (SSSR count). The molecule has 0 bridgehead atoms. The van der Waals surface area contributed by atoms with E-state index in [1.807, 2.05) is 6.92 Å². The standard InChI is InChI=1S/C11H16N4O2/c1-2-5-17-10-3-4-12-11(15-10)14-8-6-9(16)13-7-8/h3-4,8H,2,5-7H2,1H3,(H,13,16)(H,12,14,15). The zero-order valence-corrected chi connectivity index (χ0v) is 9.77. The first kappa shape index (κ1) is 11.6. The van der Waals surface area contributed by atoms with Crippen molar-refractivity contribution >= 4 is 11.9 Å². The van der Waals surface area contributed by atoms with E-state index in [1.54, 1.807) is 12.3 Å². The fourth-order valence-corrected chi connectivity index (χ4v) is 1.59. The second-order valence-corrected chi connectivity index (χ2v) is 3.92. The highest BCUT2D eigenvalue weighted by Crippen LogP contribution is 2.11. The van der Waals surface area contributed by atoms with E-state index >= 15 is 0 Å². The molecule has 1 atom stereocenters. The molecule has 1 aliphatic rings. The van der Waals surface area contributed by atoms with Gasteiger partial charge in [0.25, 0.3) is 0 Å². The van der Waals surface area contributed by atoms with Gasteiger partial charge in [-0.2, -0.15) is 4.98 Å². The van der Waals surface area contributed by atoms with Crippen LogP contribution in [0.5, 0.6) is 5.88 Å². The molecular weight excluding hydrogens is 220 g/mol. The van der Waals surface area contributed by atoms with Gasteiger partial charge in [-0.25, -0.2) is 4.98 Å². The van der Waals surface area contributed by atoms with Crippen LogP contribution in [0.25, 0.3) is 0 Å². The van der Waals surface area contributed by atoms with Crippen molar-refractivity contribution in [3.8, 4) is 5.88 Å². The number of hydrogen-bond donors (Lipinski definition) is 2. The number of amides is 1. The molecule has 2 N–H and O–H groups in total. The third-order valence-electron chi connectivity index (χ3n) is 2.39. The van der Waals surface area contributed by atoms with Gasteiger partial charge in [0, 0.05) is 25.2 Å². The van der Waals surface area contributed by atoms with Crippen LogP contribution in [0.15, 0.2) is 12.3 Å². The Morgan fingerprint density at radius 2 is 2.53 bits per heavy atom. The van der Waals surface area contributed by atoms with Crippen LogP contribution in [0, 0.1) is 0 Å². The monoisotopic (exact) mass is 236 g/mol. The summed E-state index contributed by atoms with van der Waals surface area (Å²) in [4.78, 5) is 19.3. The van der Waals surface area contributed by atoms with Crippen molar-refractivity contribution in [2.24, 2.45) is 0 Å². The number of anilines is 1. The summed E-state index contributed by atoms with van der Waals surface area (Å²) >= 11 is 0. The lowest BCUT2D eigenvalue weighted by Crippen LogP contribution is -2.23. The number of aromatic nitrogens is 2. The fraction of sp³-hybridized carbons (Fsp3) is 0.545. The van der Waals surface area contributed by atoms with Crippen molar-refractivity contribution in [1.82, 2.24) is 15.3 Å². The minimum absolute atomic E-state index is 0.0564. The third kappa shape index (κ3) is 3.30. The van der Waals surface area contributed by atoms with Crippen molar-refractivity contribution < 1.29 is 9.53 Å². The van der Waals surface area contributed by atoms with Crippen LogP contribution in [0.1, 0.15) is 19.8 Å². The summed E-state index contributed by atoms with van der Waals surface area (Å²) in [6, 6.07) is 1.78. The number of hydrogen-bond acceptors (Lipinski definition) is 5. The predicted octanol–water partition coefficient (Wildman–Crippen LogP) is 0.566. The molecule has 17 heavy (non-hydrogen) atoms. The Balaban J connectivity index is 1.93. The molecule has 0 radical (unpaired) electrons. The van der Waals surface area contributed by atoms with Gasteiger partial charge in [0.1, 0.15) is 0 Å². The average Bonchev–Trinajstić information content (AvgIpc) is 2.73. The molecule has 1 aromatic heterocycles. The van der Waals surface area contributed by atoms with Gasteiger partial charge in [-0.05, 0) is 6.42 Å². The lowest BCUT2D eigenvalue weighted by molar-refractivity contribution is -0.119. The summed E-state index contributed by atoms with van der Waals surface area (Å²) < 4.78 is 5.41. The van der Waals surface area contributed by atoms with Crippen molar-refractivity contribution in [3.63, 3.8) is 0 Å². The van der Waals surface area contributed by atoms with Gasteiger partial charge in [0.2, 0.25) is 17.7 Å². The second-order valence-electron chi connectivity index (χ2n) is 3.92. The number of ether oxygens (including phenoxy) is 1. The van der Waals surface area contributed by atoms with Crippen LogP contribution in [-0.4, -0.2) is 35.1 Å². The van der Waals surface area contributed by atoms with E-state index in [0.717, 1.165) is 6.42 Å². The zero-order valence-electron chi connectivity index (χ0n) is 9.77. The van der Waals surface area contributed by atoms with E-state index in [1.165, 1.54) is 0 Å². The van der Waals surface area contributed by atoms with Gasteiger partial charge in [-0.3, -0.25) is 4.79 Å². The van der Waals surface area contributed by atoms with Crippen molar-refractivity contribution in [2.45, 2.75) is 25.8 Å². The second kappa shape index (κ2) is 5.47. The first-order valence-corrected chi connectivity index (χ1v) is 5.77. The summed E-state index contributed by atoms with van der Waals surface area (Å²) in [5, 5.41) is 5.85. The molecule has 6 nitrogen and oxygen atoms in total. The number of carbonyl (C=O) groups is 1. The Kier molecular flexibility index (Phi) is 3.74. The van der Waals surface area contributed by atoms with E-state index < -0.39 is 0 Å². The summed E-state index contributed by atoms with van der Waals surface area (Å²) in [5.41, 5.74) is 0. The number of nitrogens with one attached hydrogen (secondary N) is 2. The van der Waals surface area contributed by atoms with Crippen molar-refractivity contribution in [3.05, 3.63) is 12.3 Å². The number of nitrogens with zero attached hydrogens (tertiary/aromatic N) is 2. The minimum Gasteiger partial charge on any atom is -0.478 e. The Labute approximate surface area is 99.8 Å². The summed E-state index contributed by atoms with van der Waals surface area (Å²) in [7, 11) is 0. The molecule has 2 heterocycles. The highest BCUT2D eigenvalue weighted by Gasteiger charge is 2.21. The molecule has 92 valence electrons.